The monoisotopic (exact) mass is 301 g/mol. The Morgan fingerprint density at radius 2 is 2.00 bits per heavy atom. The minimum absolute atomic E-state index is 0.142. The number of tetrazole rings is 1. The van der Waals surface area contributed by atoms with Crippen molar-refractivity contribution in [3.8, 4) is 11.4 Å². The summed E-state index contributed by atoms with van der Waals surface area (Å²) in [6, 6.07) is 7.85. The number of nitrogens with one attached hydrogen (secondary N) is 1. The lowest BCUT2D eigenvalue weighted by molar-refractivity contribution is 0.220. The Balaban J connectivity index is 2.07. The molecule has 1 aromatic carbocycles. The van der Waals surface area contributed by atoms with Gasteiger partial charge in [-0.25, -0.2) is 0 Å². The maximum atomic E-state index is 5.47. The Hall–Kier alpha value is -1.95. The summed E-state index contributed by atoms with van der Waals surface area (Å²) in [5.74, 6) is 1.66. The van der Waals surface area contributed by atoms with E-state index in [4.69, 9.17) is 4.74 Å². The van der Waals surface area contributed by atoms with Gasteiger partial charge in [0.25, 0.3) is 0 Å². The SMILES string of the molecule is CCNC1(c2nnnn2-c2ccccc2OC)CCCCC1. The van der Waals surface area contributed by atoms with Crippen LogP contribution in [0.15, 0.2) is 24.3 Å². The van der Waals surface area contributed by atoms with Gasteiger partial charge in [0.15, 0.2) is 5.82 Å². The lowest BCUT2D eigenvalue weighted by Crippen LogP contribution is -2.46. The van der Waals surface area contributed by atoms with E-state index in [-0.39, 0.29) is 5.54 Å². The lowest BCUT2D eigenvalue weighted by atomic mass is 9.81. The molecule has 0 spiro atoms. The molecule has 6 heteroatoms. The maximum absolute atomic E-state index is 5.47. The van der Waals surface area contributed by atoms with Crippen molar-refractivity contribution in [2.45, 2.75) is 44.6 Å². The normalized spacial score (nSPS) is 17.4. The van der Waals surface area contributed by atoms with Gasteiger partial charge in [-0.3, -0.25) is 0 Å². The molecular formula is C16H23N5O. The van der Waals surface area contributed by atoms with Crippen molar-refractivity contribution >= 4 is 0 Å². The fourth-order valence-electron chi connectivity index (χ4n) is 3.43. The van der Waals surface area contributed by atoms with E-state index in [1.165, 1.54) is 19.3 Å². The number of aromatic nitrogens is 4. The summed E-state index contributed by atoms with van der Waals surface area (Å²) in [5, 5.41) is 16.2. The molecule has 6 nitrogen and oxygen atoms in total. The number of hydrogen-bond donors (Lipinski definition) is 1. The third-order valence-corrected chi connectivity index (χ3v) is 4.43. The molecule has 1 saturated carbocycles. The van der Waals surface area contributed by atoms with Crippen LogP contribution in [-0.2, 0) is 5.54 Å². The second-order valence-electron chi connectivity index (χ2n) is 5.76. The van der Waals surface area contributed by atoms with E-state index in [9.17, 15) is 0 Å². The molecule has 2 aromatic rings. The van der Waals surface area contributed by atoms with Crippen molar-refractivity contribution < 1.29 is 4.74 Å². The van der Waals surface area contributed by atoms with E-state index in [1.807, 2.05) is 28.9 Å². The topological polar surface area (TPSA) is 64.9 Å². The summed E-state index contributed by atoms with van der Waals surface area (Å²) in [4.78, 5) is 0. The predicted molar refractivity (Wildman–Crippen MR) is 84.1 cm³/mol. The van der Waals surface area contributed by atoms with Gasteiger partial charge in [0, 0.05) is 0 Å². The molecule has 0 saturated heterocycles. The van der Waals surface area contributed by atoms with Crippen molar-refractivity contribution in [3.63, 3.8) is 0 Å². The fraction of sp³-hybridized carbons (Fsp3) is 0.562. The van der Waals surface area contributed by atoms with Crippen LogP contribution in [0.25, 0.3) is 5.69 Å². The number of nitrogens with zero attached hydrogens (tertiary/aromatic N) is 4. The van der Waals surface area contributed by atoms with Gasteiger partial charge in [-0.05, 0) is 41.9 Å². The number of methoxy groups -OCH3 is 1. The van der Waals surface area contributed by atoms with Gasteiger partial charge >= 0.3 is 0 Å². The zero-order valence-corrected chi connectivity index (χ0v) is 13.2. The van der Waals surface area contributed by atoms with Crippen LogP contribution in [0.2, 0.25) is 0 Å². The van der Waals surface area contributed by atoms with Gasteiger partial charge in [0.2, 0.25) is 0 Å². The highest BCUT2D eigenvalue weighted by molar-refractivity contribution is 5.46. The summed E-state index contributed by atoms with van der Waals surface area (Å²) in [5.41, 5.74) is 0.741. The molecule has 22 heavy (non-hydrogen) atoms. The summed E-state index contributed by atoms with van der Waals surface area (Å²) >= 11 is 0. The highest BCUT2D eigenvalue weighted by atomic mass is 16.5. The molecule has 3 rings (SSSR count). The zero-order chi connectivity index (χ0) is 15.4. The minimum atomic E-state index is -0.142. The molecule has 118 valence electrons. The van der Waals surface area contributed by atoms with Crippen molar-refractivity contribution in [1.82, 2.24) is 25.5 Å². The first-order chi connectivity index (χ1) is 10.8. The molecule has 0 bridgehead atoms. The van der Waals surface area contributed by atoms with Crippen molar-refractivity contribution in [1.29, 1.82) is 0 Å². The number of ether oxygens (including phenoxy) is 1. The fourth-order valence-corrected chi connectivity index (χ4v) is 3.43. The lowest BCUT2D eigenvalue weighted by Gasteiger charge is -2.36. The highest BCUT2D eigenvalue weighted by Crippen LogP contribution is 2.37. The molecule has 1 aliphatic carbocycles. The number of hydrogen-bond acceptors (Lipinski definition) is 5. The molecule has 1 aromatic heterocycles. The second kappa shape index (κ2) is 6.44. The van der Waals surface area contributed by atoms with Crippen LogP contribution < -0.4 is 10.1 Å². The van der Waals surface area contributed by atoms with Gasteiger partial charge in [0.05, 0.1) is 12.6 Å². The second-order valence-corrected chi connectivity index (χ2v) is 5.76. The van der Waals surface area contributed by atoms with Crippen molar-refractivity contribution in [2.75, 3.05) is 13.7 Å². The third-order valence-electron chi connectivity index (χ3n) is 4.43. The Bertz CT molecular complexity index is 613. The van der Waals surface area contributed by atoms with Crippen LogP contribution >= 0.6 is 0 Å². The van der Waals surface area contributed by atoms with E-state index in [0.717, 1.165) is 36.6 Å². The van der Waals surface area contributed by atoms with Gasteiger partial charge in [-0.1, -0.05) is 38.3 Å². The van der Waals surface area contributed by atoms with E-state index < -0.39 is 0 Å². The zero-order valence-electron chi connectivity index (χ0n) is 13.2. The molecule has 1 aliphatic rings. The molecular weight excluding hydrogens is 278 g/mol. The third kappa shape index (κ3) is 2.59. The first-order valence-corrected chi connectivity index (χ1v) is 7.98. The highest BCUT2D eigenvalue weighted by Gasteiger charge is 2.38. The van der Waals surface area contributed by atoms with E-state index in [0.29, 0.717) is 0 Å². The smallest absolute Gasteiger partial charge is 0.176 e. The maximum Gasteiger partial charge on any atom is 0.176 e. The van der Waals surface area contributed by atoms with E-state index in [1.54, 1.807) is 7.11 Å². The van der Waals surface area contributed by atoms with Crippen LogP contribution in [0.3, 0.4) is 0 Å². The van der Waals surface area contributed by atoms with Crippen LogP contribution in [0, 0.1) is 0 Å². The molecule has 0 radical (unpaired) electrons. The molecule has 0 amide bonds. The van der Waals surface area contributed by atoms with Crippen molar-refractivity contribution in [3.05, 3.63) is 30.1 Å². The molecule has 0 unspecified atom stereocenters. The predicted octanol–water partition coefficient (Wildman–Crippen LogP) is 2.44. The van der Waals surface area contributed by atoms with Crippen LogP contribution in [0.1, 0.15) is 44.9 Å². The summed E-state index contributed by atoms with van der Waals surface area (Å²) in [7, 11) is 1.67. The molecule has 0 atom stereocenters. The van der Waals surface area contributed by atoms with Crippen LogP contribution in [-0.4, -0.2) is 33.9 Å². The van der Waals surface area contributed by atoms with Crippen molar-refractivity contribution in [2.24, 2.45) is 0 Å². The summed E-state index contributed by atoms with van der Waals surface area (Å²) in [6.45, 7) is 3.03. The van der Waals surface area contributed by atoms with Gasteiger partial charge < -0.3 is 10.1 Å². The quantitative estimate of drug-likeness (QED) is 0.919. The average molecular weight is 301 g/mol. The number of benzene rings is 1. The largest absolute Gasteiger partial charge is 0.494 e. The number of rotatable bonds is 5. The van der Waals surface area contributed by atoms with E-state index in [2.05, 4.69) is 27.8 Å². The first-order valence-electron chi connectivity index (χ1n) is 7.98. The molecule has 1 fully saturated rings. The first kappa shape index (κ1) is 15.0. The van der Waals surface area contributed by atoms with Crippen LogP contribution in [0.5, 0.6) is 5.75 Å². The summed E-state index contributed by atoms with van der Waals surface area (Å²) < 4.78 is 7.29. The molecule has 1 N–H and O–H groups in total. The van der Waals surface area contributed by atoms with Gasteiger partial charge in [-0.15, -0.1) is 5.10 Å². The molecule has 1 heterocycles. The Morgan fingerprint density at radius 1 is 1.23 bits per heavy atom. The van der Waals surface area contributed by atoms with E-state index >= 15 is 0 Å². The Morgan fingerprint density at radius 3 is 2.73 bits per heavy atom. The Kier molecular flexibility index (Phi) is 4.38. The number of para-hydroxylation sites is 2. The minimum Gasteiger partial charge on any atom is -0.494 e. The average Bonchev–Trinajstić information content (AvgIpc) is 3.06. The Labute approximate surface area is 130 Å². The standard InChI is InChI=1S/C16H23N5O/c1-3-17-16(11-7-4-8-12-16)15-18-19-20-21(15)13-9-5-6-10-14(13)22-2/h5-6,9-10,17H,3-4,7-8,11-12H2,1-2H3. The summed E-state index contributed by atoms with van der Waals surface area (Å²) in [6.07, 6.45) is 5.81. The van der Waals surface area contributed by atoms with Crippen LogP contribution in [0.4, 0.5) is 0 Å². The molecule has 0 aliphatic heterocycles. The van der Waals surface area contributed by atoms with Gasteiger partial charge in [0.1, 0.15) is 11.4 Å². The van der Waals surface area contributed by atoms with Gasteiger partial charge in [-0.2, -0.15) is 4.68 Å².